The summed E-state index contributed by atoms with van der Waals surface area (Å²) in [7, 11) is 0.931. The second-order valence-electron chi connectivity index (χ2n) is 10.6. The first-order chi connectivity index (χ1) is 17.8. The van der Waals surface area contributed by atoms with Crippen molar-refractivity contribution in [1.82, 2.24) is 15.6 Å². The average molecular weight is 512 g/mol. The van der Waals surface area contributed by atoms with Crippen molar-refractivity contribution in [2.75, 3.05) is 6.54 Å². The lowest BCUT2D eigenvalue weighted by Crippen LogP contribution is -2.53. The SMILES string of the molecule is Cc1cc(-c2cc(C3(NC(=O)c4cc(O[C@@H]([SiH3])[C@@H]5CCN5)ccc4C)CC3)c3cccnc3c2)c(C)o1. The summed E-state index contributed by atoms with van der Waals surface area (Å²) < 4.78 is 12.1. The molecule has 190 valence electrons. The molecule has 1 aliphatic carbocycles. The van der Waals surface area contributed by atoms with Crippen LogP contribution in [0.1, 0.15) is 52.3 Å². The minimum atomic E-state index is -0.416. The van der Waals surface area contributed by atoms with Gasteiger partial charge in [0.05, 0.1) is 27.0 Å². The summed E-state index contributed by atoms with van der Waals surface area (Å²) in [6.07, 6.45) is 4.75. The Morgan fingerprint density at radius 3 is 2.68 bits per heavy atom. The van der Waals surface area contributed by atoms with E-state index in [1.165, 1.54) is 0 Å². The number of rotatable bonds is 7. The van der Waals surface area contributed by atoms with Gasteiger partial charge in [-0.15, -0.1) is 0 Å². The fourth-order valence-electron chi connectivity index (χ4n) is 5.45. The molecule has 1 saturated carbocycles. The van der Waals surface area contributed by atoms with Crippen LogP contribution in [-0.2, 0) is 5.54 Å². The van der Waals surface area contributed by atoms with Gasteiger partial charge in [0.1, 0.15) is 17.3 Å². The molecule has 2 aromatic carbocycles. The van der Waals surface area contributed by atoms with Crippen molar-refractivity contribution in [3.05, 3.63) is 82.9 Å². The van der Waals surface area contributed by atoms with E-state index in [1.54, 1.807) is 0 Å². The van der Waals surface area contributed by atoms with Crippen LogP contribution in [0.4, 0.5) is 0 Å². The molecule has 0 radical (unpaired) electrons. The number of amides is 1. The Morgan fingerprint density at radius 2 is 2.00 bits per heavy atom. The van der Waals surface area contributed by atoms with E-state index >= 15 is 0 Å². The molecule has 6 nitrogen and oxygen atoms in total. The molecular weight excluding hydrogens is 478 g/mol. The zero-order valence-corrected chi connectivity index (χ0v) is 23.9. The van der Waals surface area contributed by atoms with Gasteiger partial charge in [-0.1, -0.05) is 12.1 Å². The largest absolute Gasteiger partial charge is 0.494 e. The average Bonchev–Trinajstić information content (AvgIpc) is 3.53. The first kappa shape index (κ1) is 23.9. The summed E-state index contributed by atoms with van der Waals surface area (Å²) in [4.78, 5) is 18.3. The van der Waals surface area contributed by atoms with E-state index in [-0.39, 0.29) is 11.6 Å². The molecule has 1 aliphatic heterocycles. The van der Waals surface area contributed by atoms with Gasteiger partial charge < -0.3 is 19.8 Å². The highest BCUT2D eigenvalue weighted by Crippen LogP contribution is 2.49. The number of aromatic nitrogens is 1. The molecule has 1 saturated heterocycles. The number of carbonyl (C=O) groups excluding carboxylic acids is 1. The van der Waals surface area contributed by atoms with Gasteiger partial charge in [0.2, 0.25) is 0 Å². The number of benzene rings is 2. The maximum absolute atomic E-state index is 13.7. The fraction of sp³-hybridized carbons (Fsp3) is 0.333. The van der Waals surface area contributed by atoms with E-state index in [0.717, 1.165) is 86.5 Å². The summed E-state index contributed by atoms with van der Waals surface area (Å²) in [5.41, 5.74) is 5.54. The highest BCUT2D eigenvalue weighted by molar-refractivity contribution is 6.11. The number of nitrogens with zero attached hydrogens (tertiary/aromatic N) is 1. The van der Waals surface area contributed by atoms with E-state index in [4.69, 9.17) is 9.15 Å². The fourth-order valence-corrected chi connectivity index (χ4v) is 6.29. The molecule has 1 amide bonds. The molecule has 3 heterocycles. The van der Waals surface area contributed by atoms with Gasteiger partial charge in [-0.2, -0.15) is 0 Å². The van der Waals surface area contributed by atoms with Crippen LogP contribution in [0, 0.1) is 20.8 Å². The van der Waals surface area contributed by atoms with Crippen LogP contribution in [0.2, 0.25) is 0 Å². The molecule has 2 N–H and O–H groups in total. The molecule has 4 aromatic rings. The van der Waals surface area contributed by atoms with Crippen molar-refractivity contribution < 1.29 is 13.9 Å². The molecule has 2 aromatic heterocycles. The number of ether oxygens (including phenoxy) is 1. The number of hydrogen-bond donors (Lipinski definition) is 2. The minimum Gasteiger partial charge on any atom is -0.494 e. The Kier molecular flexibility index (Phi) is 5.92. The second kappa shape index (κ2) is 9.15. The van der Waals surface area contributed by atoms with Crippen LogP contribution >= 0.6 is 0 Å². The smallest absolute Gasteiger partial charge is 0.252 e. The van der Waals surface area contributed by atoms with E-state index < -0.39 is 5.54 Å². The summed E-state index contributed by atoms with van der Waals surface area (Å²) in [6.45, 7) is 6.99. The third kappa shape index (κ3) is 4.47. The lowest BCUT2D eigenvalue weighted by Gasteiger charge is -2.33. The van der Waals surface area contributed by atoms with Crippen molar-refractivity contribution in [2.45, 2.75) is 57.3 Å². The maximum atomic E-state index is 13.7. The minimum absolute atomic E-state index is 0.0649. The van der Waals surface area contributed by atoms with Gasteiger partial charge in [-0.3, -0.25) is 9.78 Å². The van der Waals surface area contributed by atoms with Gasteiger partial charge in [0.25, 0.3) is 5.91 Å². The van der Waals surface area contributed by atoms with Crippen LogP contribution in [0.5, 0.6) is 5.75 Å². The summed E-state index contributed by atoms with van der Waals surface area (Å²) in [5.74, 6) is 2.46. The van der Waals surface area contributed by atoms with E-state index in [2.05, 4.69) is 39.9 Å². The third-order valence-electron chi connectivity index (χ3n) is 7.90. The molecule has 0 spiro atoms. The highest BCUT2D eigenvalue weighted by atomic mass is 28.1. The summed E-state index contributed by atoms with van der Waals surface area (Å²) in [6, 6.07) is 16.7. The Bertz CT molecular complexity index is 1500. The Labute approximate surface area is 220 Å². The van der Waals surface area contributed by atoms with Crippen molar-refractivity contribution >= 4 is 27.1 Å². The van der Waals surface area contributed by atoms with Gasteiger partial charge >= 0.3 is 0 Å². The maximum Gasteiger partial charge on any atom is 0.252 e. The molecule has 2 aliphatic rings. The van der Waals surface area contributed by atoms with Crippen molar-refractivity contribution in [1.29, 1.82) is 0 Å². The Hall–Kier alpha value is -3.42. The summed E-state index contributed by atoms with van der Waals surface area (Å²) >= 11 is 0. The van der Waals surface area contributed by atoms with Gasteiger partial charge in [0.15, 0.2) is 0 Å². The number of furan rings is 1. The van der Waals surface area contributed by atoms with Gasteiger partial charge in [-0.05, 0) is 99.7 Å². The number of nitrogens with one attached hydrogen (secondary N) is 2. The van der Waals surface area contributed by atoms with Crippen LogP contribution in [0.3, 0.4) is 0 Å². The number of fused-ring (bicyclic) bond motifs is 1. The molecule has 0 unspecified atom stereocenters. The predicted octanol–water partition coefficient (Wildman–Crippen LogP) is 4.27. The molecular formula is C30H33N3O3Si. The Morgan fingerprint density at radius 1 is 1.19 bits per heavy atom. The van der Waals surface area contributed by atoms with E-state index in [1.807, 2.05) is 51.2 Å². The number of carbonyl (C=O) groups is 1. The Balaban J connectivity index is 1.33. The standard InChI is InChI=1S/C30H33N3O3Si/c1-17-6-7-21(36-29(37)26-8-12-32-26)16-23(17)28(34)33-30(9-10-30)25-14-20(24-13-18(2)35-19(24)3)15-27-22(25)5-4-11-31-27/h4-7,11,13-16,26,29,32H,8-10,12H2,1-3,37H3,(H,33,34)/t26-,29-/m0/s1. The number of aryl methyl sites for hydroxylation is 3. The van der Waals surface area contributed by atoms with E-state index in [0.29, 0.717) is 11.6 Å². The molecule has 0 bridgehead atoms. The lowest BCUT2D eigenvalue weighted by molar-refractivity contribution is 0.0929. The van der Waals surface area contributed by atoms with Crippen molar-refractivity contribution in [3.63, 3.8) is 0 Å². The quantitative estimate of drug-likeness (QED) is 0.363. The monoisotopic (exact) mass is 511 g/mol. The highest BCUT2D eigenvalue weighted by Gasteiger charge is 2.47. The first-order valence-corrected chi connectivity index (χ1v) is 14.3. The molecule has 2 atom stereocenters. The summed E-state index contributed by atoms with van der Waals surface area (Å²) in [5, 5.41) is 7.91. The first-order valence-electron chi connectivity index (χ1n) is 13.1. The van der Waals surface area contributed by atoms with Crippen LogP contribution in [0.15, 0.2) is 59.1 Å². The normalized spacial score (nSPS) is 18.8. The molecule has 37 heavy (non-hydrogen) atoms. The number of hydrogen-bond acceptors (Lipinski definition) is 5. The zero-order valence-electron chi connectivity index (χ0n) is 21.9. The number of pyridine rings is 1. The van der Waals surface area contributed by atoms with Crippen LogP contribution in [-0.4, -0.2) is 39.4 Å². The van der Waals surface area contributed by atoms with Crippen LogP contribution in [0.25, 0.3) is 22.0 Å². The zero-order chi connectivity index (χ0) is 25.7. The predicted molar refractivity (Wildman–Crippen MR) is 149 cm³/mol. The second-order valence-corrected chi connectivity index (χ2v) is 11.7. The molecule has 6 rings (SSSR count). The molecule has 2 fully saturated rings. The lowest BCUT2D eigenvalue weighted by atomic mass is 9.93. The molecule has 7 heteroatoms. The third-order valence-corrected chi connectivity index (χ3v) is 8.94. The van der Waals surface area contributed by atoms with Crippen LogP contribution < -0.4 is 15.4 Å². The topological polar surface area (TPSA) is 76.4 Å². The van der Waals surface area contributed by atoms with Gasteiger partial charge in [-0.25, -0.2) is 0 Å². The van der Waals surface area contributed by atoms with Crippen molar-refractivity contribution in [3.8, 4) is 16.9 Å². The van der Waals surface area contributed by atoms with Gasteiger partial charge in [0, 0.05) is 28.8 Å². The van der Waals surface area contributed by atoms with E-state index in [9.17, 15) is 4.79 Å². The van der Waals surface area contributed by atoms with Crippen molar-refractivity contribution in [2.24, 2.45) is 0 Å².